The Morgan fingerprint density at radius 2 is 1.78 bits per heavy atom. The van der Waals surface area contributed by atoms with Crippen LogP contribution < -0.4 is 0 Å². The molecule has 6 heteroatoms. The Labute approximate surface area is 161 Å². The lowest BCUT2D eigenvalue weighted by Crippen LogP contribution is -2.37. The third kappa shape index (κ3) is 4.38. The summed E-state index contributed by atoms with van der Waals surface area (Å²) in [6, 6.07) is 10.2. The Bertz CT molecular complexity index is 758. The highest BCUT2D eigenvalue weighted by molar-refractivity contribution is 5.76. The number of hydrogen-bond acceptors (Lipinski definition) is 4. The average Bonchev–Trinajstić information content (AvgIpc) is 3.34. The van der Waals surface area contributed by atoms with Crippen molar-refractivity contribution in [2.75, 3.05) is 26.2 Å². The molecule has 144 valence electrons. The number of amides is 1. The molecular formula is C21H29N5O. The molecule has 4 rings (SSSR count). The number of carbonyl (C=O) groups excluding carboxylic acids is 1. The molecule has 2 aromatic rings. The molecule has 1 amide bonds. The van der Waals surface area contributed by atoms with E-state index < -0.39 is 0 Å². The monoisotopic (exact) mass is 367 g/mol. The fourth-order valence-electron chi connectivity index (χ4n) is 4.22. The summed E-state index contributed by atoms with van der Waals surface area (Å²) in [5.74, 6) is 2.63. The fourth-order valence-corrected chi connectivity index (χ4v) is 4.22. The van der Waals surface area contributed by atoms with Gasteiger partial charge in [-0.25, -0.2) is 9.67 Å². The van der Waals surface area contributed by atoms with Crippen molar-refractivity contribution in [2.24, 2.45) is 5.92 Å². The van der Waals surface area contributed by atoms with Crippen LogP contribution in [0.15, 0.2) is 30.3 Å². The van der Waals surface area contributed by atoms with Gasteiger partial charge in [0.05, 0.1) is 6.67 Å². The van der Waals surface area contributed by atoms with Crippen LogP contribution in [0.25, 0.3) is 11.4 Å². The van der Waals surface area contributed by atoms with Crippen LogP contribution in [0.3, 0.4) is 0 Å². The van der Waals surface area contributed by atoms with Crippen LogP contribution in [0.5, 0.6) is 0 Å². The summed E-state index contributed by atoms with van der Waals surface area (Å²) in [6.07, 6.45) is 5.25. The smallest absolute Gasteiger partial charge is 0.222 e. The molecule has 0 radical (unpaired) electrons. The molecule has 0 bridgehead atoms. The first kappa shape index (κ1) is 18.2. The molecule has 2 saturated heterocycles. The lowest BCUT2D eigenvalue weighted by Gasteiger charge is -2.32. The lowest BCUT2D eigenvalue weighted by molar-refractivity contribution is -0.131. The van der Waals surface area contributed by atoms with Crippen molar-refractivity contribution in [1.82, 2.24) is 24.6 Å². The van der Waals surface area contributed by atoms with E-state index in [0.29, 0.717) is 11.8 Å². The number of hydrogen-bond donors (Lipinski definition) is 0. The molecule has 2 fully saturated rings. The molecule has 0 aliphatic carbocycles. The van der Waals surface area contributed by atoms with Gasteiger partial charge in [0.2, 0.25) is 5.91 Å². The standard InChI is InChI=1S/C21H29N5O/c1-17-22-21(19-7-3-2-4-8-19)26(23-17)16-24-13-9-18(10-14-24)15-20(27)25-11-5-6-12-25/h2-4,7-8,18H,5-6,9-16H2,1H3. The number of aromatic nitrogens is 3. The first-order chi connectivity index (χ1) is 13.2. The highest BCUT2D eigenvalue weighted by Crippen LogP contribution is 2.24. The minimum absolute atomic E-state index is 0.365. The minimum Gasteiger partial charge on any atom is -0.343 e. The largest absolute Gasteiger partial charge is 0.343 e. The van der Waals surface area contributed by atoms with Gasteiger partial charge in [0.15, 0.2) is 5.82 Å². The number of rotatable bonds is 5. The SMILES string of the molecule is Cc1nc(-c2ccccc2)n(CN2CCC(CC(=O)N3CCCC3)CC2)n1. The van der Waals surface area contributed by atoms with Gasteiger partial charge in [0.1, 0.15) is 5.82 Å². The molecule has 27 heavy (non-hydrogen) atoms. The van der Waals surface area contributed by atoms with Crippen LogP contribution in [0.2, 0.25) is 0 Å². The van der Waals surface area contributed by atoms with E-state index in [4.69, 9.17) is 0 Å². The highest BCUT2D eigenvalue weighted by atomic mass is 16.2. The number of piperidine rings is 1. The molecular weight excluding hydrogens is 338 g/mol. The first-order valence-electron chi connectivity index (χ1n) is 10.2. The summed E-state index contributed by atoms with van der Waals surface area (Å²) in [5, 5.41) is 4.60. The number of aryl methyl sites for hydroxylation is 1. The van der Waals surface area contributed by atoms with Crippen molar-refractivity contribution in [3.05, 3.63) is 36.2 Å². The second-order valence-corrected chi connectivity index (χ2v) is 7.84. The van der Waals surface area contributed by atoms with Gasteiger partial charge in [0, 0.05) is 38.2 Å². The molecule has 2 aliphatic rings. The zero-order chi connectivity index (χ0) is 18.6. The van der Waals surface area contributed by atoms with E-state index in [-0.39, 0.29) is 0 Å². The van der Waals surface area contributed by atoms with Crippen LogP contribution in [0.1, 0.15) is 37.9 Å². The van der Waals surface area contributed by atoms with E-state index in [1.165, 1.54) is 12.8 Å². The summed E-state index contributed by atoms with van der Waals surface area (Å²) >= 11 is 0. The topological polar surface area (TPSA) is 54.3 Å². The van der Waals surface area contributed by atoms with E-state index in [1.54, 1.807) is 0 Å². The van der Waals surface area contributed by atoms with Crippen molar-refractivity contribution in [3.8, 4) is 11.4 Å². The number of likely N-dealkylation sites (tertiary alicyclic amines) is 2. The van der Waals surface area contributed by atoms with Crippen molar-refractivity contribution in [1.29, 1.82) is 0 Å². The van der Waals surface area contributed by atoms with Gasteiger partial charge in [-0.05, 0) is 38.5 Å². The zero-order valence-electron chi connectivity index (χ0n) is 16.2. The highest BCUT2D eigenvalue weighted by Gasteiger charge is 2.25. The maximum Gasteiger partial charge on any atom is 0.222 e. The Morgan fingerprint density at radius 3 is 2.48 bits per heavy atom. The molecule has 1 aromatic carbocycles. The van der Waals surface area contributed by atoms with Gasteiger partial charge in [-0.3, -0.25) is 9.69 Å². The van der Waals surface area contributed by atoms with Gasteiger partial charge in [-0.2, -0.15) is 5.10 Å². The van der Waals surface area contributed by atoms with E-state index in [0.717, 1.165) is 69.3 Å². The Balaban J connectivity index is 1.33. The van der Waals surface area contributed by atoms with Crippen molar-refractivity contribution in [2.45, 2.75) is 45.7 Å². The second kappa shape index (κ2) is 8.21. The molecule has 1 aromatic heterocycles. The molecule has 0 spiro atoms. The Morgan fingerprint density at radius 1 is 1.07 bits per heavy atom. The van der Waals surface area contributed by atoms with E-state index >= 15 is 0 Å². The van der Waals surface area contributed by atoms with Crippen LogP contribution in [-0.2, 0) is 11.5 Å². The molecule has 6 nitrogen and oxygen atoms in total. The summed E-state index contributed by atoms with van der Waals surface area (Å²) in [6.45, 7) is 6.67. The maximum atomic E-state index is 12.4. The Hall–Kier alpha value is -2.21. The van der Waals surface area contributed by atoms with Crippen LogP contribution in [-0.4, -0.2) is 56.7 Å². The number of benzene rings is 1. The summed E-state index contributed by atoms with van der Waals surface area (Å²) in [7, 11) is 0. The van der Waals surface area contributed by atoms with Crippen molar-refractivity contribution < 1.29 is 4.79 Å². The summed E-state index contributed by atoms with van der Waals surface area (Å²) < 4.78 is 2.01. The quantitative estimate of drug-likeness (QED) is 0.815. The van der Waals surface area contributed by atoms with Gasteiger partial charge >= 0.3 is 0 Å². The summed E-state index contributed by atoms with van der Waals surface area (Å²) in [4.78, 5) is 21.5. The van der Waals surface area contributed by atoms with E-state index in [2.05, 4.69) is 32.0 Å². The van der Waals surface area contributed by atoms with E-state index in [1.807, 2.05) is 29.8 Å². The third-order valence-electron chi connectivity index (χ3n) is 5.77. The minimum atomic E-state index is 0.365. The van der Waals surface area contributed by atoms with Crippen LogP contribution in [0.4, 0.5) is 0 Å². The van der Waals surface area contributed by atoms with Gasteiger partial charge in [0.25, 0.3) is 0 Å². The zero-order valence-corrected chi connectivity index (χ0v) is 16.2. The van der Waals surface area contributed by atoms with Gasteiger partial charge < -0.3 is 4.90 Å². The molecule has 0 N–H and O–H groups in total. The predicted octanol–water partition coefficient (Wildman–Crippen LogP) is 2.94. The number of nitrogens with zero attached hydrogens (tertiary/aromatic N) is 5. The van der Waals surface area contributed by atoms with Crippen LogP contribution in [0, 0.1) is 12.8 Å². The predicted molar refractivity (Wildman–Crippen MR) is 105 cm³/mol. The second-order valence-electron chi connectivity index (χ2n) is 7.84. The molecule has 0 atom stereocenters. The normalized spacial score (nSPS) is 18.9. The summed E-state index contributed by atoms with van der Waals surface area (Å²) in [5.41, 5.74) is 1.10. The molecule has 0 unspecified atom stereocenters. The Kier molecular flexibility index (Phi) is 5.53. The molecule has 2 aliphatic heterocycles. The van der Waals surface area contributed by atoms with E-state index in [9.17, 15) is 4.79 Å². The van der Waals surface area contributed by atoms with Crippen LogP contribution >= 0.6 is 0 Å². The first-order valence-corrected chi connectivity index (χ1v) is 10.2. The van der Waals surface area contributed by atoms with Gasteiger partial charge in [-0.1, -0.05) is 30.3 Å². The van der Waals surface area contributed by atoms with Gasteiger partial charge in [-0.15, -0.1) is 0 Å². The average molecular weight is 367 g/mol. The van der Waals surface area contributed by atoms with Crippen molar-refractivity contribution >= 4 is 5.91 Å². The molecule has 0 saturated carbocycles. The van der Waals surface area contributed by atoms with Crippen molar-refractivity contribution in [3.63, 3.8) is 0 Å². The lowest BCUT2D eigenvalue weighted by atomic mass is 9.93. The molecule has 3 heterocycles. The maximum absolute atomic E-state index is 12.4. The fraction of sp³-hybridized carbons (Fsp3) is 0.571. The third-order valence-corrected chi connectivity index (χ3v) is 5.77. The number of carbonyl (C=O) groups is 1.